The van der Waals surface area contributed by atoms with E-state index in [2.05, 4.69) is 5.32 Å². The van der Waals surface area contributed by atoms with E-state index in [1.54, 1.807) is 31.3 Å². The van der Waals surface area contributed by atoms with E-state index in [1.807, 2.05) is 32.9 Å². The van der Waals surface area contributed by atoms with Crippen molar-refractivity contribution < 1.29 is 19.1 Å². The highest BCUT2D eigenvalue weighted by Gasteiger charge is 2.31. The molecule has 6 nitrogen and oxygen atoms in total. The number of thiocarbonyl (C=S) groups is 1. The second kappa shape index (κ2) is 9.43. The molecule has 1 aromatic rings. The smallest absolute Gasteiger partial charge is 0.266 e. The van der Waals surface area contributed by atoms with Crippen LogP contribution in [0.15, 0.2) is 23.1 Å². The van der Waals surface area contributed by atoms with E-state index in [1.165, 1.54) is 11.8 Å². The molecule has 2 amide bonds. The first-order valence-electron chi connectivity index (χ1n) is 8.93. The fourth-order valence-corrected chi connectivity index (χ4v) is 3.97. The fraction of sp³-hybridized carbons (Fsp3) is 0.450. The second-order valence-electron chi connectivity index (χ2n) is 7.35. The lowest BCUT2D eigenvalue weighted by molar-refractivity contribution is -0.124. The standard InChI is InChI=1S/C20H26N2O4S2/c1-20(2,3)21-17(23)7-6-10-22-18(24)16(28-19(22)27)12-13-8-9-14(25-4)15(11-13)26-5/h8-9,11-12H,6-7,10H2,1-5H3,(H,21,23). The van der Waals surface area contributed by atoms with Crippen LogP contribution in [0.2, 0.25) is 0 Å². The molecule has 28 heavy (non-hydrogen) atoms. The summed E-state index contributed by atoms with van der Waals surface area (Å²) in [4.78, 5) is 26.7. The third-order valence-corrected chi connectivity index (χ3v) is 5.26. The number of ether oxygens (including phenoxy) is 2. The monoisotopic (exact) mass is 422 g/mol. The number of hydrogen-bond donors (Lipinski definition) is 1. The van der Waals surface area contributed by atoms with Crippen molar-refractivity contribution in [2.75, 3.05) is 20.8 Å². The molecule has 0 aromatic heterocycles. The molecule has 1 N–H and O–H groups in total. The first-order chi connectivity index (χ1) is 13.1. The number of hydrogen-bond acceptors (Lipinski definition) is 6. The predicted molar refractivity (Wildman–Crippen MR) is 117 cm³/mol. The van der Waals surface area contributed by atoms with Crippen molar-refractivity contribution in [2.24, 2.45) is 0 Å². The van der Waals surface area contributed by atoms with Gasteiger partial charge in [0.25, 0.3) is 5.91 Å². The van der Waals surface area contributed by atoms with Crippen molar-refractivity contribution in [3.63, 3.8) is 0 Å². The zero-order valence-electron chi connectivity index (χ0n) is 16.8. The summed E-state index contributed by atoms with van der Waals surface area (Å²) in [5, 5.41) is 2.91. The maximum atomic E-state index is 12.7. The molecule has 0 saturated carbocycles. The second-order valence-corrected chi connectivity index (χ2v) is 9.03. The van der Waals surface area contributed by atoms with Crippen molar-refractivity contribution in [2.45, 2.75) is 39.2 Å². The van der Waals surface area contributed by atoms with Crippen LogP contribution in [0.3, 0.4) is 0 Å². The molecule has 1 aliphatic rings. The number of nitrogens with one attached hydrogen (secondary N) is 1. The number of rotatable bonds is 7. The van der Waals surface area contributed by atoms with Gasteiger partial charge in [0.2, 0.25) is 5.91 Å². The molecular weight excluding hydrogens is 396 g/mol. The van der Waals surface area contributed by atoms with Gasteiger partial charge < -0.3 is 14.8 Å². The lowest BCUT2D eigenvalue weighted by Gasteiger charge is -2.21. The zero-order valence-corrected chi connectivity index (χ0v) is 18.5. The highest BCUT2D eigenvalue weighted by Crippen LogP contribution is 2.34. The molecule has 1 aromatic carbocycles. The molecule has 0 radical (unpaired) electrons. The van der Waals surface area contributed by atoms with E-state index >= 15 is 0 Å². The average Bonchev–Trinajstić information content (AvgIpc) is 2.87. The maximum Gasteiger partial charge on any atom is 0.266 e. The Kier molecular flexibility index (Phi) is 7.48. The summed E-state index contributed by atoms with van der Waals surface area (Å²) >= 11 is 6.61. The first kappa shape index (κ1) is 22.2. The van der Waals surface area contributed by atoms with Gasteiger partial charge in [-0.2, -0.15) is 0 Å². The molecule has 1 fully saturated rings. The Labute approximate surface area is 175 Å². The van der Waals surface area contributed by atoms with Gasteiger partial charge in [0.15, 0.2) is 11.5 Å². The third-order valence-electron chi connectivity index (χ3n) is 3.88. The number of benzene rings is 1. The SMILES string of the molecule is COc1ccc(C=C2SC(=S)N(CCCC(=O)NC(C)(C)C)C2=O)cc1OC. The quantitative estimate of drug-likeness (QED) is 0.535. The number of carbonyl (C=O) groups is 2. The molecule has 0 unspecified atom stereocenters. The summed E-state index contributed by atoms with van der Waals surface area (Å²) in [5.74, 6) is 1.05. The molecule has 152 valence electrons. The van der Waals surface area contributed by atoms with Crippen molar-refractivity contribution in [1.82, 2.24) is 10.2 Å². The molecule has 8 heteroatoms. The summed E-state index contributed by atoms with van der Waals surface area (Å²) in [6, 6.07) is 5.45. The van der Waals surface area contributed by atoms with Crippen molar-refractivity contribution >= 4 is 46.2 Å². The van der Waals surface area contributed by atoms with Crippen LogP contribution in [0.25, 0.3) is 6.08 Å². The average molecular weight is 423 g/mol. The minimum absolute atomic E-state index is 0.0289. The van der Waals surface area contributed by atoms with E-state index in [4.69, 9.17) is 21.7 Å². The fourth-order valence-electron chi connectivity index (χ4n) is 2.67. The lowest BCUT2D eigenvalue weighted by Crippen LogP contribution is -2.40. The normalized spacial score (nSPS) is 15.9. The number of methoxy groups -OCH3 is 2. The van der Waals surface area contributed by atoms with Crippen molar-refractivity contribution in [3.05, 3.63) is 28.7 Å². The van der Waals surface area contributed by atoms with Crippen LogP contribution in [0, 0.1) is 0 Å². The Hall–Kier alpha value is -2.06. The number of thioether (sulfide) groups is 1. The summed E-state index contributed by atoms with van der Waals surface area (Å²) in [5.41, 5.74) is 0.559. The Balaban J connectivity index is 2.01. The Bertz CT molecular complexity index is 800. The van der Waals surface area contributed by atoms with Crippen molar-refractivity contribution in [1.29, 1.82) is 0 Å². The van der Waals surface area contributed by atoms with Gasteiger partial charge in [-0.3, -0.25) is 14.5 Å². The summed E-state index contributed by atoms with van der Waals surface area (Å²) in [6.07, 6.45) is 2.69. The predicted octanol–water partition coefficient (Wildman–Crippen LogP) is 3.60. The highest BCUT2D eigenvalue weighted by atomic mass is 32.2. The van der Waals surface area contributed by atoms with Crippen LogP contribution in [0.4, 0.5) is 0 Å². The van der Waals surface area contributed by atoms with Gasteiger partial charge in [0.05, 0.1) is 19.1 Å². The molecule has 1 aliphatic heterocycles. The summed E-state index contributed by atoms with van der Waals surface area (Å²) < 4.78 is 11.0. The van der Waals surface area contributed by atoms with Gasteiger partial charge in [-0.25, -0.2) is 0 Å². The van der Waals surface area contributed by atoms with Crippen LogP contribution in [-0.2, 0) is 9.59 Å². The Morgan fingerprint density at radius 1 is 1.25 bits per heavy atom. The number of amides is 2. The molecule has 2 rings (SSSR count). The number of nitrogens with zero attached hydrogens (tertiary/aromatic N) is 1. The highest BCUT2D eigenvalue weighted by molar-refractivity contribution is 8.26. The van der Waals surface area contributed by atoms with Gasteiger partial charge in [-0.05, 0) is 51.0 Å². The van der Waals surface area contributed by atoms with Crippen LogP contribution in [-0.4, -0.2) is 47.3 Å². The molecule has 0 bridgehead atoms. The zero-order chi connectivity index (χ0) is 20.9. The Morgan fingerprint density at radius 3 is 2.54 bits per heavy atom. The van der Waals surface area contributed by atoms with Crippen LogP contribution in [0.5, 0.6) is 11.5 Å². The minimum Gasteiger partial charge on any atom is -0.493 e. The topological polar surface area (TPSA) is 67.9 Å². The van der Waals surface area contributed by atoms with Crippen LogP contribution < -0.4 is 14.8 Å². The number of carbonyl (C=O) groups excluding carboxylic acids is 2. The molecule has 1 heterocycles. The van der Waals surface area contributed by atoms with Gasteiger partial charge >= 0.3 is 0 Å². The molecule has 0 spiro atoms. The van der Waals surface area contributed by atoms with E-state index in [9.17, 15) is 9.59 Å². The molecule has 0 atom stereocenters. The summed E-state index contributed by atoms with van der Waals surface area (Å²) in [6.45, 7) is 6.23. The Morgan fingerprint density at radius 2 is 1.93 bits per heavy atom. The lowest BCUT2D eigenvalue weighted by atomic mass is 10.1. The van der Waals surface area contributed by atoms with E-state index in [0.717, 1.165) is 5.56 Å². The van der Waals surface area contributed by atoms with Crippen LogP contribution >= 0.6 is 24.0 Å². The minimum atomic E-state index is -0.263. The third kappa shape index (κ3) is 5.97. The molecular formula is C20H26N2O4S2. The van der Waals surface area contributed by atoms with E-state index in [0.29, 0.717) is 40.1 Å². The van der Waals surface area contributed by atoms with Gasteiger partial charge in [0, 0.05) is 18.5 Å². The van der Waals surface area contributed by atoms with Gasteiger partial charge in [-0.15, -0.1) is 0 Å². The van der Waals surface area contributed by atoms with Crippen molar-refractivity contribution in [3.8, 4) is 11.5 Å². The summed E-state index contributed by atoms with van der Waals surface area (Å²) in [7, 11) is 3.14. The van der Waals surface area contributed by atoms with E-state index in [-0.39, 0.29) is 17.4 Å². The largest absolute Gasteiger partial charge is 0.493 e. The molecule has 1 saturated heterocycles. The van der Waals surface area contributed by atoms with Gasteiger partial charge in [-0.1, -0.05) is 30.0 Å². The first-order valence-corrected chi connectivity index (χ1v) is 10.2. The molecule has 0 aliphatic carbocycles. The van der Waals surface area contributed by atoms with Gasteiger partial charge in [0.1, 0.15) is 4.32 Å². The van der Waals surface area contributed by atoms with Crippen LogP contribution in [0.1, 0.15) is 39.2 Å². The van der Waals surface area contributed by atoms with E-state index < -0.39 is 0 Å². The maximum absolute atomic E-state index is 12.7.